The number of aromatic nitrogens is 4. The Bertz CT molecular complexity index is 2820. The Hall–Kier alpha value is -6.85. The van der Waals surface area contributed by atoms with E-state index in [1.807, 2.05) is 66.7 Å². The van der Waals surface area contributed by atoms with Crippen LogP contribution in [0.2, 0.25) is 0 Å². The number of para-hydroxylation sites is 3. The van der Waals surface area contributed by atoms with Crippen molar-refractivity contribution >= 4 is 43.7 Å². The number of fused-ring (bicyclic) bond motifs is 6. The molecule has 5 nitrogen and oxygen atoms in total. The van der Waals surface area contributed by atoms with Crippen molar-refractivity contribution in [3.05, 3.63) is 170 Å². The maximum Gasteiger partial charge on any atom is 0.166 e. The van der Waals surface area contributed by atoms with Crippen LogP contribution >= 0.6 is 0 Å². The second-order valence-electron chi connectivity index (χ2n) is 12.4. The number of nitrogens with zero attached hydrogens (tertiary/aromatic N) is 4. The molecule has 0 amide bonds. The highest BCUT2D eigenvalue weighted by atomic mass is 16.3. The van der Waals surface area contributed by atoms with Gasteiger partial charge in [-0.1, -0.05) is 133 Å². The highest BCUT2D eigenvalue weighted by molar-refractivity contribution is 6.12. The van der Waals surface area contributed by atoms with Crippen LogP contribution < -0.4 is 0 Å². The first kappa shape index (κ1) is 28.2. The van der Waals surface area contributed by atoms with Crippen molar-refractivity contribution < 1.29 is 4.42 Å². The van der Waals surface area contributed by atoms with Crippen LogP contribution in [0, 0.1) is 0 Å². The van der Waals surface area contributed by atoms with Crippen LogP contribution in [0.5, 0.6) is 0 Å². The van der Waals surface area contributed by atoms with E-state index in [4.69, 9.17) is 19.4 Å². The maximum atomic E-state index is 6.27. The van der Waals surface area contributed by atoms with Crippen molar-refractivity contribution in [3.63, 3.8) is 0 Å². The first-order valence-corrected chi connectivity index (χ1v) is 16.7. The molecule has 0 radical (unpaired) electrons. The minimum atomic E-state index is 0.589. The average Bonchev–Trinajstić information content (AvgIpc) is 3.74. The van der Waals surface area contributed by atoms with Crippen molar-refractivity contribution in [2.75, 3.05) is 0 Å². The fourth-order valence-corrected chi connectivity index (χ4v) is 7.19. The summed E-state index contributed by atoms with van der Waals surface area (Å²) < 4.78 is 8.62. The van der Waals surface area contributed by atoms with Crippen LogP contribution in [0.4, 0.5) is 0 Å². The molecule has 7 aromatic carbocycles. The molecule has 10 aromatic rings. The summed E-state index contributed by atoms with van der Waals surface area (Å²) in [7, 11) is 0. The van der Waals surface area contributed by atoms with Gasteiger partial charge in [-0.25, -0.2) is 15.0 Å². The Kier molecular flexibility index (Phi) is 6.42. The summed E-state index contributed by atoms with van der Waals surface area (Å²) in [5, 5.41) is 4.40. The monoisotopic (exact) mass is 640 g/mol. The summed E-state index contributed by atoms with van der Waals surface area (Å²) in [6.07, 6.45) is 0. The van der Waals surface area contributed by atoms with Gasteiger partial charge in [0.15, 0.2) is 17.5 Å². The van der Waals surface area contributed by atoms with Crippen molar-refractivity contribution in [1.29, 1.82) is 0 Å². The van der Waals surface area contributed by atoms with Gasteiger partial charge in [-0.3, -0.25) is 0 Å². The Morgan fingerprint density at radius 3 is 1.66 bits per heavy atom. The lowest BCUT2D eigenvalue weighted by molar-refractivity contribution is 0.669. The van der Waals surface area contributed by atoms with Crippen LogP contribution in [-0.2, 0) is 0 Å². The zero-order valence-corrected chi connectivity index (χ0v) is 26.9. The van der Waals surface area contributed by atoms with Gasteiger partial charge < -0.3 is 8.98 Å². The van der Waals surface area contributed by atoms with Gasteiger partial charge in [0.25, 0.3) is 0 Å². The van der Waals surface area contributed by atoms with Gasteiger partial charge in [0, 0.05) is 38.2 Å². The van der Waals surface area contributed by atoms with Crippen LogP contribution in [0.15, 0.2) is 174 Å². The standard InChI is InChI=1S/C45H28N4O/c1-3-14-29(15-4-1)31-26-27-34(39(28-31)49-37-22-10-7-18-32(37)33-19-8-11-23-38(33)49)44-46-43(30-16-5-2-6-17-30)47-45(48-44)36-21-13-25-41-42(36)35-20-9-12-24-40(35)50-41/h1-28H. The molecule has 0 atom stereocenters. The van der Waals surface area contributed by atoms with E-state index in [1.54, 1.807) is 0 Å². The molecule has 0 saturated heterocycles. The quantitative estimate of drug-likeness (QED) is 0.188. The van der Waals surface area contributed by atoms with Gasteiger partial charge in [0.05, 0.1) is 16.7 Å². The summed E-state index contributed by atoms with van der Waals surface area (Å²) in [6.45, 7) is 0. The second-order valence-corrected chi connectivity index (χ2v) is 12.4. The molecule has 3 heterocycles. The van der Waals surface area contributed by atoms with Crippen molar-refractivity contribution in [2.24, 2.45) is 0 Å². The summed E-state index contributed by atoms with van der Waals surface area (Å²) >= 11 is 0. The normalized spacial score (nSPS) is 11.6. The number of rotatable bonds is 5. The molecule has 0 N–H and O–H groups in total. The molecular formula is C45H28N4O. The van der Waals surface area contributed by atoms with E-state index in [-0.39, 0.29) is 0 Å². The van der Waals surface area contributed by atoms with E-state index in [2.05, 4.69) is 108 Å². The van der Waals surface area contributed by atoms with Crippen LogP contribution in [0.25, 0.3) is 94.7 Å². The lowest BCUT2D eigenvalue weighted by Crippen LogP contribution is -2.04. The lowest BCUT2D eigenvalue weighted by atomic mass is 10.0. The van der Waals surface area contributed by atoms with Crippen molar-refractivity contribution in [1.82, 2.24) is 19.5 Å². The third-order valence-electron chi connectivity index (χ3n) is 9.48. The lowest BCUT2D eigenvalue weighted by Gasteiger charge is -2.16. The highest BCUT2D eigenvalue weighted by Gasteiger charge is 2.21. The molecule has 0 saturated carbocycles. The fourth-order valence-electron chi connectivity index (χ4n) is 7.19. The molecule has 0 aliphatic rings. The van der Waals surface area contributed by atoms with Gasteiger partial charge in [0.2, 0.25) is 0 Å². The van der Waals surface area contributed by atoms with Crippen molar-refractivity contribution in [3.8, 4) is 51.0 Å². The summed E-state index contributed by atoms with van der Waals surface area (Å²) in [6, 6.07) is 58.6. The zero-order valence-electron chi connectivity index (χ0n) is 26.9. The second kappa shape index (κ2) is 11.4. The summed E-state index contributed by atoms with van der Waals surface area (Å²) in [5.74, 6) is 1.79. The Morgan fingerprint density at radius 1 is 0.380 bits per heavy atom. The molecular weight excluding hydrogens is 613 g/mol. The van der Waals surface area contributed by atoms with Crippen molar-refractivity contribution in [2.45, 2.75) is 0 Å². The molecule has 10 rings (SSSR count). The summed E-state index contributed by atoms with van der Waals surface area (Å²) in [5.41, 5.74) is 9.82. The smallest absolute Gasteiger partial charge is 0.166 e. The van der Waals surface area contributed by atoms with Crippen LogP contribution in [0.1, 0.15) is 0 Å². The Labute approximate surface area is 287 Å². The highest BCUT2D eigenvalue weighted by Crippen LogP contribution is 2.40. The Morgan fingerprint density at radius 2 is 0.940 bits per heavy atom. The van der Waals surface area contributed by atoms with E-state index in [0.29, 0.717) is 17.5 Å². The molecule has 0 bridgehead atoms. The maximum absolute atomic E-state index is 6.27. The molecule has 234 valence electrons. The zero-order chi connectivity index (χ0) is 33.0. The van der Waals surface area contributed by atoms with E-state index < -0.39 is 0 Å². The Balaban J connectivity index is 1.29. The number of hydrogen-bond acceptors (Lipinski definition) is 4. The van der Waals surface area contributed by atoms with E-state index in [1.165, 1.54) is 10.8 Å². The summed E-state index contributed by atoms with van der Waals surface area (Å²) in [4.78, 5) is 15.6. The minimum Gasteiger partial charge on any atom is -0.456 e. The van der Waals surface area contributed by atoms with Gasteiger partial charge in [0.1, 0.15) is 11.2 Å². The predicted molar refractivity (Wildman–Crippen MR) is 203 cm³/mol. The van der Waals surface area contributed by atoms with Crippen LogP contribution in [-0.4, -0.2) is 19.5 Å². The number of hydrogen-bond donors (Lipinski definition) is 0. The molecule has 0 spiro atoms. The molecule has 50 heavy (non-hydrogen) atoms. The predicted octanol–water partition coefficient (Wildman–Crippen LogP) is 11.5. The van der Waals surface area contributed by atoms with Gasteiger partial charge in [-0.15, -0.1) is 0 Å². The largest absolute Gasteiger partial charge is 0.456 e. The molecule has 0 unspecified atom stereocenters. The third-order valence-corrected chi connectivity index (χ3v) is 9.48. The number of furan rings is 1. The molecule has 3 aromatic heterocycles. The van der Waals surface area contributed by atoms with E-state index in [0.717, 1.165) is 66.5 Å². The average molecular weight is 641 g/mol. The molecule has 0 aliphatic carbocycles. The molecule has 0 fully saturated rings. The minimum absolute atomic E-state index is 0.589. The van der Waals surface area contributed by atoms with E-state index >= 15 is 0 Å². The first-order chi connectivity index (χ1) is 24.8. The topological polar surface area (TPSA) is 56.7 Å². The molecule has 5 heteroatoms. The van der Waals surface area contributed by atoms with Gasteiger partial charge >= 0.3 is 0 Å². The van der Waals surface area contributed by atoms with Crippen LogP contribution in [0.3, 0.4) is 0 Å². The third kappa shape index (κ3) is 4.52. The molecule has 0 aliphatic heterocycles. The first-order valence-electron chi connectivity index (χ1n) is 16.7. The SMILES string of the molecule is c1ccc(-c2ccc(-c3nc(-c4ccccc4)nc(-c4cccc5oc6ccccc6c45)n3)c(-n3c4ccccc4c4ccccc43)c2)cc1. The fraction of sp³-hybridized carbons (Fsp3) is 0. The van der Waals surface area contributed by atoms with Gasteiger partial charge in [-0.05, 0) is 47.5 Å². The number of benzene rings is 7. The van der Waals surface area contributed by atoms with Gasteiger partial charge in [-0.2, -0.15) is 0 Å². The van der Waals surface area contributed by atoms with E-state index in [9.17, 15) is 0 Å².